The quantitative estimate of drug-likeness (QED) is 0.452. The molecule has 0 saturated carbocycles. The summed E-state index contributed by atoms with van der Waals surface area (Å²) in [6.07, 6.45) is -1.20. The summed E-state index contributed by atoms with van der Waals surface area (Å²) in [4.78, 5) is 19.3. The number of rotatable bonds is 4. The van der Waals surface area contributed by atoms with Crippen molar-refractivity contribution in [1.29, 1.82) is 0 Å². The average Bonchev–Trinajstić information content (AvgIpc) is 3.47. The molecule has 0 unspecified atom stereocenters. The Hall–Kier alpha value is -2.58. The number of hydrogen-bond donors (Lipinski definition) is 0. The molecule has 2 aliphatic heterocycles. The highest BCUT2D eigenvalue weighted by atomic mass is 35.5. The molecule has 0 aliphatic carbocycles. The third kappa shape index (κ3) is 4.66. The van der Waals surface area contributed by atoms with Crippen molar-refractivity contribution < 1.29 is 22.7 Å². The molecule has 0 radical (unpaired) electrons. The van der Waals surface area contributed by atoms with Gasteiger partial charge in [0.25, 0.3) is 0 Å². The van der Waals surface area contributed by atoms with Crippen LogP contribution >= 0.6 is 11.6 Å². The van der Waals surface area contributed by atoms with E-state index >= 15 is 0 Å². The largest absolute Gasteiger partial charge is 0.416 e. The molecular weight excluding hydrogens is 467 g/mol. The molecule has 0 bridgehead atoms. The fraction of sp³-hybridized carbons (Fsp3) is 0.440. The highest BCUT2D eigenvalue weighted by Gasteiger charge is 2.34. The lowest BCUT2D eigenvalue weighted by atomic mass is 10.0. The SMILES string of the molecule is O=C(Cc1ccc(Cl)cc1)N1CCC(n2c([C@H]3CCCO3)nc3cc(C(F)(F)F)ccc32)CC1. The zero-order valence-corrected chi connectivity index (χ0v) is 19.3. The number of ether oxygens (including phenoxy) is 1. The highest BCUT2D eigenvalue weighted by Crippen LogP contribution is 2.38. The van der Waals surface area contributed by atoms with Gasteiger partial charge in [0.1, 0.15) is 11.9 Å². The van der Waals surface area contributed by atoms with Crippen LogP contribution in [0.15, 0.2) is 42.5 Å². The Labute approximate surface area is 200 Å². The summed E-state index contributed by atoms with van der Waals surface area (Å²) in [5.41, 5.74) is 1.23. The molecule has 3 aromatic rings. The predicted molar refractivity (Wildman–Crippen MR) is 123 cm³/mol. The molecule has 1 amide bonds. The van der Waals surface area contributed by atoms with Gasteiger partial charge < -0.3 is 14.2 Å². The van der Waals surface area contributed by atoms with E-state index in [1.807, 2.05) is 17.0 Å². The van der Waals surface area contributed by atoms with Gasteiger partial charge in [-0.05, 0) is 61.6 Å². The van der Waals surface area contributed by atoms with E-state index in [2.05, 4.69) is 9.55 Å². The van der Waals surface area contributed by atoms with Gasteiger partial charge in [0.05, 0.1) is 23.0 Å². The number of hydrogen-bond acceptors (Lipinski definition) is 3. The maximum Gasteiger partial charge on any atom is 0.416 e. The second-order valence-corrected chi connectivity index (χ2v) is 9.39. The van der Waals surface area contributed by atoms with Gasteiger partial charge in [-0.3, -0.25) is 4.79 Å². The number of benzene rings is 2. The van der Waals surface area contributed by atoms with Crippen molar-refractivity contribution >= 4 is 28.5 Å². The zero-order chi connectivity index (χ0) is 23.9. The molecular formula is C25H25ClF3N3O2. The van der Waals surface area contributed by atoms with Crippen LogP contribution in [0.5, 0.6) is 0 Å². The third-order valence-electron chi connectivity index (χ3n) is 6.71. The molecule has 1 atom stereocenters. The standard InChI is InChI=1S/C25H25ClF3N3O2/c26-18-6-3-16(4-7-18)14-23(33)31-11-9-19(10-12-31)32-21-8-5-17(25(27,28)29)15-20(21)30-24(32)22-2-1-13-34-22/h3-8,15,19,22H,1-2,9-14H2/t22-/m1/s1. The van der Waals surface area contributed by atoms with E-state index < -0.39 is 11.7 Å². The number of likely N-dealkylation sites (tertiary alicyclic amines) is 1. The lowest BCUT2D eigenvalue weighted by Gasteiger charge is -2.34. The van der Waals surface area contributed by atoms with Crippen molar-refractivity contribution in [3.8, 4) is 0 Å². The lowest BCUT2D eigenvalue weighted by Crippen LogP contribution is -2.40. The lowest BCUT2D eigenvalue weighted by molar-refractivity contribution is -0.137. The van der Waals surface area contributed by atoms with E-state index in [0.717, 1.165) is 30.5 Å². The van der Waals surface area contributed by atoms with Crippen LogP contribution in [0, 0.1) is 0 Å². The molecule has 9 heteroatoms. The number of nitrogens with zero attached hydrogens (tertiary/aromatic N) is 3. The Bertz CT molecular complexity index is 1180. The number of halogens is 4. The van der Waals surface area contributed by atoms with Gasteiger partial charge in [-0.2, -0.15) is 13.2 Å². The molecule has 180 valence electrons. The van der Waals surface area contributed by atoms with Gasteiger partial charge in [-0.15, -0.1) is 0 Å². The summed E-state index contributed by atoms with van der Waals surface area (Å²) in [5.74, 6) is 0.753. The number of alkyl halides is 3. The van der Waals surface area contributed by atoms with Crippen molar-refractivity contribution in [2.45, 2.75) is 50.4 Å². The van der Waals surface area contributed by atoms with Crippen LogP contribution in [0.3, 0.4) is 0 Å². The van der Waals surface area contributed by atoms with Gasteiger partial charge in [0, 0.05) is 30.8 Å². The van der Waals surface area contributed by atoms with E-state index in [4.69, 9.17) is 16.3 Å². The summed E-state index contributed by atoms with van der Waals surface area (Å²) in [5, 5.41) is 0.633. The van der Waals surface area contributed by atoms with Crippen LogP contribution in [0.25, 0.3) is 11.0 Å². The smallest absolute Gasteiger partial charge is 0.370 e. The first-order valence-corrected chi connectivity index (χ1v) is 11.9. The normalized spacial score (nSPS) is 19.8. The first-order chi connectivity index (χ1) is 16.3. The third-order valence-corrected chi connectivity index (χ3v) is 6.96. The summed E-state index contributed by atoms with van der Waals surface area (Å²) < 4.78 is 47.7. The maximum atomic E-state index is 13.3. The Balaban J connectivity index is 1.37. The molecule has 3 heterocycles. The monoisotopic (exact) mass is 491 g/mol. The minimum Gasteiger partial charge on any atom is -0.370 e. The summed E-state index contributed by atoms with van der Waals surface area (Å²) in [6, 6.07) is 11.1. The van der Waals surface area contributed by atoms with E-state index in [0.29, 0.717) is 60.8 Å². The first-order valence-electron chi connectivity index (χ1n) is 11.5. The molecule has 2 fully saturated rings. The van der Waals surface area contributed by atoms with Crippen LogP contribution in [-0.2, 0) is 22.1 Å². The molecule has 34 heavy (non-hydrogen) atoms. The van der Waals surface area contributed by atoms with Crippen molar-refractivity contribution in [2.24, 2.45) is 0 Å². The second-order valence-electron chi connectivity index (χ2n) is 8.96. The number of carbonyl (C=O) groups excluding carboxylic acids is 1. The zero-order valence-electron chi connectivity index (χ0n) is 18.5. The van der Waals surface area contributed by atoms with E-state index in [1.54, 1.807) is 12.1 Å². The highest BCUT2D eigenvalue weighted by molar-refractivity contribution is 6.30. The van der Waals surface area contributed by atoms with Crippen LogP contribution in [0.2, 0.25) is 5.02 Å². The summed E-state index contributed by atoms with van der Waals surface area (Å²) in [6.45, 7) is 1.80. The topological polar surface area (TPSA) is 47.4 Å². The van der Waals surface area contributed by atoms with Crippen LogP contribution < -0.4 is 0 Å². The molecule has 2 aromatic carbocycles. The molecule has 2 aliphatic rings. The summed E-state index contributed by atoms with van der Waals surface area (Å²) >= 11 is 5.93. The first kappa shape index (κ1) is 23.2. The second kappa shape index (κ2) is 9.23. The number of piperidine rings is 1. The number of aromatic nitrogens is 2. The Morgan fingerprint density at radius 3 is 2.47 bits per heavy atom. The number of carbonyl (C=O) groups is 1. The summed E-state index contributed by atoms with van der Waals surface area (Å²) in [7, 11) is 0. The predicted octanol–water partition coefficient (Wildman–Crippen LogP) is 5.97. The van der Waals surface area contributed by atoms with Crippen molar-refractivity contribution in [2.75, 3.05) is 19.7 Å². The Morgan fingerprint density at radius 2 is 1.82 bits per heavy atom. The number of amides is 1. The van der Waals surface area contributed by atoms with Gasteiger partial charge in [0.2, 0.25) is 5.91 Å². The van der Waals surface area contributed by atoms with E-state index in [9.17, 15) is 18.0 Å². The maximum absolute atomic E-state index is 13.3. The van der Waals surface area contributed by atoms with E-state index in [1.165, 1.54) is 6.07 Å². The van der Waals surface area contributed by atoms with Gasteiger partial charge in [-0.1, -0.05) is 23.7 Å². The van der Waals surface area contributed by atoms with Crippen molar-refractivity contribution in [1.82, 2.24) is 14.5 Å². The average molecular weight is 492 g/mol. The van der Waals surface area contributed by atoms with Gasteiger partial charge in [-0.25, -0.2) is 4.98 Å². The minimum absolute atomic E-state index is 0.0421. The van der Waals surface area contributed by atoms with Gasteiger partial charge >= 0.3 is 6.18 Å². The Morgan fingerprint density at radius 1 is 1.09 bits per heavy atom. The number of imidazole rings is 1. The van der Waals surface area contributed by atoms with Crippen LogP contribution in [0.1, 0.15) is 54.8 Å². The molecule has 2 saturated heterocycles. The minimum atomic E-state index is -4.42. The van der Waals surface area contributed by atoms with Crippen molar-refractivity contribution in [3.63, 3.8) is 0 Å². The molecule has 1 aromatic heterocycles. The molecule has 5 nitrogen and oxygen atoms in total. The van der Waals surface area contributed by atoms with E-state index in [-0.39, 0.29) is 18.1 Å². The van der Waals surface area contributed by atoms with Gasteiger partial charge in [0.15, 0.2) is 0 Å². The van der Waals surface area contributed by atoms with Crippen LogP contribution in [0.4, 0.5) is 13.2 Å². The fourth-order valence-electron chi connectivity index (χ4n) is 4.95. The number of fused-ring (bicyclic) bond motifs is 1. The Kier molecular flexibility index (Phi) is 6.29. The van der Waals surface area contributed by atoms with Crippen molar-refractivity contribution in [3.05, 3.63) is 64.4 Å². The molecule has 0 N–H and O–H groups in total. The fourth-order valence-corrected chi connectivity index (χ4v) is 5.07. The molecule has 5 rings (SSSR count). The molecule has 0 spiro atoms. The van der Waals surface area contributed by atoms with Crippen LogP contribution in [-0.4, -0.2) is 40.1 Å².